The SMILES string of the molecule is Cc1cccc(C(=O)N2CCC(C(=O)NC3CCCC3)CC2)c1. The van der Waals surface area contributed by atoms with Crippen molar-refractivity contribution in [2.75, 3.05) is 13.1 Å². The van der Waals surface area contributed by atoms with Crippen LogP contribution in [0, 0.1) is 12.8 Å². The molecule has 1 aromatic rings. The Morgan fingerprint density at radius 3 is 2.43 bits per heavy atom. The minimum absolute atomic E-state index is 0.0668. The number of carbonyl (C=O) groups is 2. The molecule has 0 bridgehead atoms. The van der Waals surface area contributed by atoms with Gasteiger partial charge in [0.15, 0.2) is 0 Å². The number of amides is 2. The van der Waals surface area contributed by atoms with Crippen LogP contribution in [0.5, 0.6) is 0 Å². The summed E-state index contributed by atoms with van der Waals surface area (Å²) in [6.45, 7) is 3.35. The molecule has 0 atom stereocenters. The van der Waals surface area contributed by atoms with Gasteiger partial charge in [0.1, 0.15) is 0 Å². The van der Waals surface area contributed by atoms with Gasteiger partial charge in [-0.3, -0.25) is 9.59 Å². The summed E-state index contributed by atoms with van der Waals surface area (Å²) in [5.41, 5.74) is 1.85. The number of likely N-dealkylation sites (tertiary alicyclic amines) is 1. The van der Waals surface area contributed by atoms with Crippen molar-refractivity contribution in [3.63, 3.8) is 0 Å². The maximum atomic E-state index is 12.5. The number of piperidine rings is 1. The highest BCUT2D eigenvalue weighted by Crippen LogP contribution is 2.22. The highest BCUT2D eigenvalue weighted by molar-refractivity contribution is 5.94. The van der Waals surface area contributed by atoms with E-state index in [9.17, 15) is 9.59 Å². The Morgan fingerprint density at radius 1 is 1.09 bits per heavy atom. The van der Waals surface area contributed by atoms with Crippen molar-refractivity contribution in [1.29, 1.82) is 0 Å². The lowest BCUT2D eigenvalue weighted by Gasteiger charge is -2.32. The van der Waals surface area contributed by atoms with Crippen LogP contribution in [0.15, 0.2) is 24.3 Å². The fourth-order valence-corrected chi connectivity index (χ4v) is 3.69. The van der Waals surface area contributed by atoms with Gasteiger partial charge in [-0.15, -0.1) is 0 Å². The fourth-order valence-electron chi connectivity index (χ4n) is 3.69. The van der Waals surface area contributed by atoms with Crippen molar-refractivity contribution >= 4 is 11.8 Å². The topological polar surface area (TPSA) is 49.4 Å². The standard InChI is InChI=1S/C19H26N2O2/c1-14-5-4-6-16(13-14)19(23)21-11-9-15(10-12-21)18(22)20-17-7-2-3-8-17/h4-6,13,15,17H,2-3,7-12H2,1H3,(H,20,22). The predicted molar refractivity (Wildman–Crippen MR) is 90.2 cm³/mol. The molecule has 3 rings (SSSR count). The molecule has 1 heterocycles. The zero-order valence-corrected chi connectivity index (χ0v) is 13.9. The molecule has 0 radical (unpaired) electrons. The summed E-state index contributed by atoms with van der Waals surface area (Å²) in [6, 6.07) is 8.10. The number of nitrogens with one attached hydrogen (secondary N) is 1. The van der Waals surface area contributed by atoms with E-state index in [-0.39, 0.29) is 17.7 Å². The molecule has 23 heavy (non-hydrogen) atoms. The molecule has 1 aliphatic carbocycles. The molecule has 0 aromatic heterocycles. The van der Waals surface area contributed by atoms with Gasteiger partial charge in [0.05, 0.1) is 0 Å². The van der Waals surface area contributed by atoms with Gasteiger partial charge >= 0.3 is 0 Å². The molecule has 4 heteroatoms. The van der Waals surface area contributed by atoms with E-state index >= 15 is 0 Å². The van der Waals surface area contributed by atoms with E-state index in [1.54, 1.807) is 0 Å². The quantitative estimate of drug-likeness (QED) is 0.932. The lowest BCUT2D eigenvalue weighted by Crippen LogP contribution is -2.44. The number of rotatable bonds is 3. The molecular formula is C19H26N2O2. The molecule has 1 N–H and O–H groups in total. The lowest BCUT2D eigenvalue weighted by molar-refractivity contribution is -0.127. The van der Waals surface area contributed by atoms with Gasteiger partial charge in [0.25, 0.3) is 5.91 Å². The molecule has 1 saturated heterocycles. The average Bonchev–Trinajstić information content (AvgIpc) is 3.07. The Bertz CT molecular complexity index is 570. The number of hydrogen-bond donors (Lipinski definition) is 1. The first-order valence-electron chi connectivity index (χ1n) is 8.80. The van der Waals surface area contributed by atoms with E-state index in [2.05, 4.69) is 5.32 Å². The van der Waals surface area contributed by atoms with Gasteiger partial charge in [-0.25, -0.2) is 0 Å². The number of benzene rings is 1. The smallest absolute Gasteiger partial charge is 0.253 e. The summed E-state index contributed by atoms with van der Waals surface area (Å²) < 4.78 is 0. The second-order valence-corrected chi connectivity index (χ2v) is 6.93. The maximum Gasteiger partial charge on any atom is 0.253 e. The van der Waals surface area contributed by atoms with Crippen molar-refractivity contribution in [2.45, 2.75) is 51.5 Å². The van der Waals surface area contributed by atoms with Crippen molar-refractivity contribution < 1.29 is 9.59 Å². The van der Waals surface area contributed by atoms with Crippen LogP contribution < -0.4 is 5.32 Å². The van der Waals surface area contributed by atoms with E-state index in [1.165, 1.54) is 12.8 Å². The summed E-state index contributed by atoms with van der Waals surface area (Å²) in [5, 5.41) is 3.19. The van der Waals surface area contributed by atoms with Gasteiger partial charge in [-0.2, -0.15) is 0 Å². The van der Waals surface area contributed by atoms with Gasteiger partial charge in [-0.05, 0) is 44.7 Å². The minimum Gasteiger partial charge on any atom is -0.353 e. The molecular weight excluding hydrogens is 288 g/mol. The van der Waals surface area contributed by atoms with Crippen LogP contribution in [0.1, 0.15) is 54.4 Å². The average molecular weight is 314 g/mol. The van der Waals surface area contributed by atoms with Crippen LogP contribution in [-0.2, 0) is 4.79 Å². The Morgan fingerprint density at radius 2 is 1.78 bits per heavy atom. The molecule has 2 amide bonds. The first-order valence-corrected chi connectivity index (χ1v) is 8.80. The third-order valence-corrected chi connectivity index (χ3v) is 5.12. The van der Waals surface area contributed by atoms with E-state index in [0.717, 1.165) is 36.8 Å². The fraction of sp³-hybridized carbons (Fsp3) is 0.579. The molecule has 124 valence electrons. The molecule has 1 aromatic carbocycles. The van der Waals surface area contributed by atoms with Crippen molar-refractivity contribution in [3.8, 4) is 0 Å². The number of carbonyl (C=O) groups excluding carboxylic acids is 2. The number of hydrogen-bond acceptors (Lipinski definition) is 2. The first-order chi connectivity index (χ1) is 11.1. The van der Waals surface area contributed by atoms with Crippen LogP contribution in [0.4, 0.5) is 0 Å². The minimum atomic E-state index is 0.0668. The molecule has 2 aliphatic rings. The second kappa shape index (κ2) is 7.16. The number of nitrogens with zero attached hydrogens (tertiary/aromatic N) is 1. The highest BCUT2D eigenvalue weighted by atomic mass is 16.2. The largest absolute Gasteiger partial charge is 0.353 e. The molecule has 2 fully saturated rings. The molecule has 1 aliphatic heterocycles. The van der Waals surface area contributed by atoms with Crippen LogP contribution in [0.25, 0.3) is 0 Å². The molecule has 0 spiro atoms. The monoisotopic (exact) mass is 314 g/mol. The van der Waals surface area contributed by atoms with E-state index in [0.29, 0.717) is 19.1 Å². The molecule has 4 nitrogen and oxygen atoms in total. The third kappa shape index (κ3) is 3.92. The Labute approximate surface area is 138 Å². The Kier molecular flexibility index (Phi) is 4.99. The first kappa shape index (κ1) is 16.0. The second-order valence-electron chi connectivity index (χ2n) is 6.93. The normalized spacial score (nSPS) is 19.8. The summed E-state index contributed by atoms with van der Waals surface area (Å²) in [7, 11) is 0. The van der Waals surface area contributed by atoms with E-state index < -0.39 is 0 Å². The highest BCUT2D eigenvalue weighted by Gasteiger charge is 2.29. The maximum absolute atomic E-state index is 12.5. The zero-order valence-electron chi connectivity index (χ0n) is 13.9. The van der Waals surface area contributed by atoms with Gasteiger partial charge in [0.2, 0.25) is 5.91 Å². The van der Waals surface area contributed by atoms with Gasteiger partial charge in [0, 0.05) is 30.6 Å². The van der Waals surface area contributed by atoms with Crippen molar-refractivity contribution in [2.24, 2.45) is 5.92 Å². The molecule has 0 unspecified atom stereocenters. The summed E-state index contributed by atoms with van der Waals surface area (Å²) >= 11 is 0. The zero-order chi connectivity index (χ0) is 16.2. The molecule has 1 saturated carbocycles. The van der Waals surface area contributed by atoms with Crippen LogP contribution in [0.2, 0.25) is 0 Å². The van der Waals surface area contributed by atoms with Crippen LogP contribution in [-0.4, -0.2) is 35.8 Å². The summed E-state index contributed by atoms with van der Waals surface area (Å²) in [5.74, 6) is 0.347. The van der Waals surface area contributed by atoms with Crippen LogP contribution >= 0.6 is 0 Å². The van der Waals surface area contributed by atoms with Gasteiger partial charge in [-0.1, -0.05) is 30.5 Å². The summed E-state index contributed by atoms with van der Waals surface area (Å²) in [6.07, 6.45) is 6.25. The van der Waals surface area contributed by atoms with Crippen LogP contribution in [0.3, 0.4) is 0 Å². The Hall–Kier alpha value is -1.84. The van der Waals surface area contributed by atoms with Gasteiger partial charge < -0.3 is 10.2 Å². The van der Waals surface area contributed by atoms with Crippen molar-refractivity contribution in [3.05, 3.63) is 35.4 Å². The lowest BCUT2D eigenvalue weighted by atomic mass is 9.95. The van der Waals surface area contributed by atoms with E-state index in [1.807, 2.05) is 36.1 Å². The summed E-state index contributed by atoms with van der Waals surface area (Å²) in [4.78, 5) is 26.7. The van der Waals surface area contributed by atoms with E-state index in [4.69, 9.17) is 0 Å². The Balaban J connectivity index is 1.51. The number of aryl methyl sites for hydroxylation is 1. The predicted octanol–water partition coefficient (Wildman–Crippen LogP) is 2.91. The van der Waals surface area contributed by atoms with Crippen molar-refractivity contribution in [1.82, 2.24) is 10.2 Å². The third-order valence-electron chi connectivity index (χ3n) is 5.12.